The zero-order valence-electron chi connectivity index (χ0n) is 15.2. The van der Waals surface area contributed by atoms with Gasteiger partial charge >= 0.3 is 0 Å². The number of rotatable bonds is 8. The molecule has 0 aliphatic heterocycles. The van der Waals surface area contributed by atoms with Crippen LogP contribution >= 0.6 is 24.0 Å². The number of halogens is 1. The van der Waals surface area contributed by atoms with Gasteiger partial charge in [-0.25, -0.2) is 0 Å². The Balaban J connectivity index is 0.00000484. The number of benzene rings is 1. The minimum Gasteiger partial charge on any atom is -0.357 e. The maximum absolute atomic E-state index is 4.65. The predicted molar refractivity (Wildman–Crippen MR) is 112 cm³/mol. The van der Waals surface area contributed by atoms with Crippen molar-refractivity contribution in [1.29, 1.82) is 0 Å². The van der Waals surface area contributed by atoms with Crippen LogP contribution in [0.2, 0.25) is 0 Å². The number of nitrogens with one attached hydrogen (secondary N) is 2. The van der Waals surface area contributed by atoms with Crippen molar-refractivity contribution in [1.82, 2.24) is 15.5 Å². The largest absolute Gasteiger partial charge is 0.357 e. The van der Waals surface area contributed by atoms with Crippen LogP contribution in [0.15, 0.2) is 35.3 Å². The molecule has 0 aliphatic carbocycles. The van der Waals surface area contributed by atoms with E-state index in [0.29, 0.717) is 12.1 Å². The Morgan fingerprint density at radius 2 is 1.83 bits per heavy atom. The summed E-state index contributed by atoms with van der Waals surface area (Å²) < 4.78 is 0. The summed E-state index contributed by atoms with van der Waals surface area (Å²) in [6.07, 6.45) is 1.05. The Labute approximate surface area is 159 Å². The van der Waals surface area contributed by atoms with Gasteiger partial charge in [-0.05, 0) is 46.7 Å². The van der Waals surface area contributed by atoms with E-state index in [4.69, 9.17) is 0 Å². The fourth-order valence-corrected chi connectivity index (χ4v) is 2.20. The molecular formula is C18H33IN4. The van der Waals surface area contributed by atoms with Gasteiger partial charge in [0.15, 0.2) is 5.96 Å². The van der Waals surface area contributed by atoms with Crippen molar-refractivity contribution in [2.45, 2.75) is 52.7 Å². The lowest BCUT2D eigenvalue weighted by Crippen LogP contribution is -2.41. The van der Waals surface area contributed by atoms with Crippen LogP contribution in [0.1, 0.15) is 39.7 Å². The van der Waals surface area contributed by atoms with Crippen molar-refractivity contribution < 1.29 is 0 Å². The van der Waals surface area contributed by atoms with Gasteiger partial charge in [0.2, 0.25) is 0 Å². The summed E-state index contributed by atoms with van der Waals surface area (Å²) in [5.74, 6) is 0.912. The summed E-state index contributed by atoms with van der Waals surface area (Å²) in [4.78, 5) is 7.03. The quantitative estimate of drug-likeness (QED) is 0.376. The van der Waals surface area contributed by atoms with Crippen molar-refractivity contribution in [3.05, 3.63) is 35.9 Å². The maximum atomic E-state index is 4.65. The van der Waals surface area contributed by atoms with Gasteiger partial charge in [0.1, 0.15) is 0 Å². The standard InChI is InChI=1S/C18H32N4.HI/c1-6-19-18(21-15(2)3)20-13-12-16(4)22(5)14-17-10-8-7-9-11-17;/h7-11,15-16H,6,12-14H2,1-5H3,(H2,19,20,21);1H. The van der Waals surface area contributed by atoms with E-state index in [9.17, 15) is 0 Å². The minimum atomic E-state index is 0. The highest BCUT2D eigenvalue weighted by Gasteiger charge is 2.09. The summed E-state index contributed by atoms with van der Waals surface area (Å²) in [6, 6.07) is 11.5. The van der Waals surface area contributed by atoms with Crippen molar-refractivity contribution >= 4 is 29.9 Å². The number of hydrogen-bond donors (Lipinski definition) is 2. The fourth-order valence-electron chi connectivity index (χ4n) is 2.20. The third-order valence-corrected chi connectivity index (χ3v) is 3.61. The molecular weight excluding hydrogens is 399 g/mol. The molecule has 0 fully saturated rings. The van der Waals surface area contributed by atoms with E-state index < -0.39 is 0 Å². The SMILES string of the molecule is CCNC(=NCCC(C)N(C)Cc1ccccc1)NC(C)C.I. The molecule has 132 valence electrons. The van der Waals surface area contributed by atoms with Gasteiger partial charge < -0.3 is 10.6 Å². The molecule has 1 aromatic rings. The highest BCUT2D eigenvalue weighted by Crippen LogP contribution is 2.08. The Morgan fingerprint density at radius 1 is 1.17 bits per heavy atom. The first kappa shape index (κ1) is 22.2. The zero-order chi connectivity index (χ0) is 16.4. The second kappa shape index (κ2) is 12.6. The molecule has 0 saturated heterocycles. The van der Waals surface area contributed by atoms with Gasteiger partial charge in [0.05, 0.1) is 0 Å². The van der Waals surface area contributed by atoms with Gasteiger partial charge in [-0.1, -0.05) is 30.3 Å². The van der Waals surface area contributed by atoms with Crippen molar-refractivity contribution in [2.75, 3.05) is 20.1 Å². The van der Waals surface area contributed by atoms with E-state index >= 15 is 0 Å². The van der Waals surface area contributed by atoms with E-state index in [0.717, 1.165) is 32.0 Å². The second-order valence-corrected chi connectivity index (χ2v) is 6.10. The zero-order valence-corrected chi connectivity index (χ0v) is 17.5. The van der Waals surface area contributed by atoms with Gasteiger partial charge in [-0.2, -0.15) is 0 Å². The van der Waals surface area contributed by atoms with Gasteiger partial charge in [-0.15, -0.1) is 24.0 Å². The Bertz CT molecular complexity index is 434. The lowest BCUT2D eigenvalue weighted by atomic mass is 10.1. The molecule has 1 rings (SSSR count). The van der Waals surface area contributed by atoms with Crippen LogP contribution < -0.4 is 10.6 Å². The van der Waals surface area contributed by atoms with Crippen molar-refractivity contribution in [2.24, 2.45) is 4.99 Å². The third-order valence-electron chi connectivity index (χ3n) is 3.61. The van der Waals surface area contributed by atoms with Gasteiger partial charge in [0, 0.05) is 31.7 Å². The first-order valence-electron chi connectivity index (χ1n) is 8.32. The Kier molecular flexibility index (Phi) is 12.1. The van der Waals surface area contributed by atoms with E-state index in [-0.39, 0.29) is 24.0 Å². The molecule has 0 saturated carbocycles. The molecule has 5 heteroatoms. The van der Waals surface area contributed by atoms with Crippen LogP contribution in [0.3, 0.4) is 0 Å². The van der Waals surface area contributed by atoms with Crippen LogP contribution in [-0.4, -0.2) is 43.1 Å². The smallest absolute Gasteiger partial charge is 0.191 e. The molecule has 0 aromatic heterocycles. The van der Waals surface area contributed by atoms with Crippen LogP contribution in [0.5, 0.6) is 0 Å². The van der Waals surface area contributed by atoms with Crippen LogP contribution in [-0.2, 0) is 6.54 Å². The van der Waals surface area contributed by atoms with Crippen LogP contribution in [0, 0.1) is 0 Å². The van der Waals surface area contributed by atoms with Crippen molar-refractivity contribution in [3.8, 4) is 0 Å². The van der Waals surface area contributed by atoms with Crippen molar-refractivity contribution in [3.63, 3.8) is 0 Å². The third kappa shape index (κ3) is 9.81. The number of hydrogen-bond acceptors (Lipinski definition) is 2. The summed E-state index contributed by atoms with van der Waals surface area (Å²) >= 11 is 0. The number of guanidine groups is 1. The molecule has 0 aliphatic rings. The second-order valence-electron chi connectivity index (χ2n) is 6.10. The number of nitrogens with zero attached hydrogens (tertiary/aromatic N) is 2. The molecule has 1 aromatic carbocycles. The monoisotopic (exact) mass is 432 g/mol. The normalized spacial score (nSPS) is 12.9. The molecule has 4 nitrogen and oxygen atoms in total. The highest BCUT2D eigenvalue weighted by molar-refractivity contribution is 14.0. The van der Waals surface area contributed by atoms with E-state index in [2.05, 4.69) is 85.6 Å². The molecule has 0 heterocycles. The minimum absolute atomic E-state index is 0. The Morgan fingerprint density at radius 3 is 2.39 bits per heavy atom. The lowest BCUT2D eigenvalue weighted by molar-refractivity contribution is 0.240. The average molecular weight is 432 g/mol. The first-order chi connectivity index (χ1) is 10.5. The first-order valence-corrected chi connectivity index (χ1v) is 8.32. The molecule has 1 unspecified atom stereocenters. The summed E-state index contributed by atoms with van der Waals surface area (Å²) in [6.45, 7) is 11.3. The molecule has 0 spiro atoms. The lowest BCUT2D eigenvalue weighted by Gasteiger charge is -2.24. The Hall–Kier alpha value is -0.820. The summed E-state index contributed by atoms with van der Waals surface area (Å²) in [5.41, 5.74) is 1.36. The highest BCUT2D eigenvalue weighted by atomic mass is 127. The molecule has 1 atom stereocenters. The average Bonchev–Trinajstić information content (AvgIpc) is 2.47. The van der Waals surface area contributed by atoms with E-state index in [1.807, 2.05) is 0 Å². The van der Waals surface area contributed by atoms with Gasteiger partial charge in [0.25, 0.3) is 0 Å². The summed E-state index contributed by atoms with van der Waals surface area (Å²) in [5, 5.41) is 6.63. The molecule has 0 amide bonds. The molecule has 0 radical (unpaired) electrons. The maximum Gasteiger partial charge on any atom is 0.191 e. The van der Waals surface area contributed by atoms with Crippen LogP contribution in [0.4, 0.5) is 0 Å². The molecule has 2 N–H and O–H groups in total. The predicted octanol–water partition coefficient (Wildman–Crippen LogP) is 3.48. The topological polar surface area (TPSA) is 39.7 Å². The van der Waals surface area contributed by atoms with E-state index in [1.165, 1.54) is 5.56 Å². The number of aliphatic imine (C=N–C) groups is 1. The fraction of sp³-hybridized carbons (Fsp3) is 0.611. The van der Waals surface area contributed by atoms with E-state index in [1.54, 1.807) is 0 Å². The summed E-state index contributed by atoms with van der Waals surface area (Å²) in [7, 11) is 2.18. The van der Waals surface area contributed by atoms with Gasteiger partial charge in [-0.3, -0.25) is 9.89 Å². The molecule has 23 heavy (non-hydrogen) atoms. The van der Waals surface area contributed by atoms with Crippen LogP contribution in [0.25, 0.3) is 0 Å². The molecule has 0 bridgehead atoms.